The van der Waals surface area contributed by atoms with Crippen molar-refractivity contribution in [2.75, 3.05) is 5.32 Å². The predicted molar refractivity (Wildman–Crippen MR) is 107 cm³/mol. The minimum atomic E-state index is -1.02. The second-order valence-electron chi connectivity index (χ2n) is 6.27. The molecule has 0 heterocycles. The number of nitrogens with one attached hydrogen (secondary N) is 2. The van der Waals surface area contributed by atoms with E-state index in [0.717, 1.165) is 5.56 Å². The SMILES string of the molecule is Cc1ccc(NC(=O)[C@H](C)OC(=O)C[C@@H](NC(N)=O)c2ccccc2Cl)cc1. The van der Waals surface area contributed by atoms with Crippen LogP contribution in [0.25, 0.3) is 0 Å². The lowest BCUT2D eigenvalue weighted by atomic mass is 10.0. The lowest BCUT2D eigenvalue weighted by Crippen LogP contribution is -2.36. The average Bonchev–Trinajstić information content (AvgIpc) is 2.63. The van der Waals surface area contributed by atoms with Crippen LogP contribution in [0.2, 0.25) is 5.02 Å². The van der Waals surface area contributed by atoms with E-state index in [9.17, 15) is 14.4 Å². The number of benzene rings is 2. The molecule has 2 atom stereocenters. The molecule has 0 bridgehead atoms. The number of carbonyl (C=O) groups is 3. The molecule has 0 aliphatic heterocycles. The van der Waals surface area contributed by atoms with E-state index >= 15 is 0 Å². The van der Waals surface area contributed by atoms with Crippen LogP contribution in [0.4, 0.5) is 10.5 Å². The van der Waals surface area contributed by atoms with Gasteiger partial charge < -0.3 is 21.1 Å². The normalized spacial score (nSPS) is 12.5. The van der Waals surface area contributed by atoms with E-state index < -0.39 is 30.1 Å². The van der Waals surface area contributed by atoms with E-state index in [1.807, 2.05) is 19.1 Å². The largest absolute Gasteiger partial charge is 0.452 e. The molecule has 2 aromatic rings. The van der Waals surface area contributed by atoms with Crippen LogP contribution in [-0.4, -0.2) is 24.0 Å². The Morgan fingerprint density at radius 1 is 1.11 bits per heavy atom. The third-order valence-electron chi connectivity index (χ3n) is 3.96. The fourth-order valence-electron chi connectivity index (χ4n) is 2.51. The van der Waals surface area contributed by atoms with Crippen molar-refractivity contribution in [3.05, 3.63) is 64.7 Å². The zero-order valence-electron chi connectivity index (χ0n) is 15.6. The molecular formula is C20H22ClN3O4. The van der Waals surface area contributed by atoms with Gasteiger partial charge in [0.15, 0.2) is 6.10 Å². The van der Waals surface area contributed by atoms with E-state index in [2.05, 4.69) is 10.6 Å². The van der Waals surface area contributed by atoms with E-state index in [1.165, 1.54) is 6.92 Å². The second-order valence-corrected chi connectivity index (χ2v) is 6.68. The number of aryl methyl sites for hydroxylation is 1. The summed E-state index contributed by atoms with van der Waals surface area (Å²) in [4.78, 5) is 35.8. The lowest BCUT2D eigenvalue weighted by Gasteiger charge is -2.20. The van der Waals surface area contributed by atoms with Gasteiger partial charge in [-0.25, -0.2) is 4.79 Å². The van der Waals surface area contributed by atoms with Crippen LogP contribution in [0.15, 0.2) is 48.5 Å². The van der Waals surface area contributed by atoms with Gasteiger partial charge in [0.05, 0.1) is 12.5 Å². The summed E-state index contributed by atoms with van der Waals surface area (Å²) in [7, 11) is 0. The topological polar surface area (TPSA) is 111 Å². The molecule has 0 aliphatic carbocycles. The molecule has 0 saturated heterocycles. The Morgan fingerprint density at radius 2 is 1.75 bits per heavy atom. The number of hydrogen-bond donors (Lipinski definition) is 3. The summed E-state index contributed by atoms with van der Waals surface area (Å²) in [5, 5.41) is 5.52. The maximum atomic E-state index is 12.3. The standard InChI is InChI=1S/C20H22ClN3O4/c1-12-7-9-14(10-8-12)23-19(26)13(2)28-18(25)11-17(24-20(22)27)15-5-3-4-6-16(15)21/h3-10,13,17H,11H2,1-2H3,(H,23,26)(H3,22,24,27)/t13-,17+/m0/s1. The number of ether oxygens (including phenoxy) is 1. The van der Waals surface area contributed by atoms with Gasteiger partial charge in [-0.3, -0.25) is 9.59 Å². The third kappa shape index (κ3) is 6.28. The number of urea groups is 1. The number of hydrogen-bond acceptors (Lipinski definition) is 4. The smallest absolute Gasteiger partial charge is 0.312 e. The van der Waals surface area contributed by atoms with Crippen molar-refractivity contribution in [1.82, 2.24) is 5.32 Å². The highest BCUT2D eigenvalue weighted by atomic mass is 35.5. The van der Waals surface area contributed by atoms with Crippen LogP contribution >= 0.6 is 11.6 Å². The number of esters is 1. The minimum absolute atomic E-state index is 0.227. The van der Waals surface area contributed by atoms with Crippen molar-refractivity contribution in [3.63, 3.8) is 0 Å². The summed E-state index contributed by atoms with van der Waals surface area (Å²) in [6.07, 6.45) is -1.25. The lowest BCUT2D eigenvalue weighted by molar-refractivity contribution is -0.153. The van der Waals surface area contributed by atoms with E-state index in [4.69, 9.17) is 22.1 Å². The first-order chi connectivity index (χ1) is 13.3. The Kier molecular flexibility index (Phi) is 7.40. The van der Waals surface area contributed by atoms with Crippen molar-refractivity contribution in [2.45, 2.75) is 32.4 Å². The summed E-state index contributed by atoms with van der Waals surface area (Å²) in [6, 6.07) is 12.4. The number of amides is 3. The van der Waals surface area contributed by atoms with Gasteiger partial charge in [0, 0.05) is 10.7 Å². The fourth-order valence-corrected chi connectivity index (χ4v) is 2.78. The molecule has 28 heavy (non-hydrogen) atoms. The summed E-state index contributed by atoms with van der Waals surface area (Å²) < 4.78 is 5.20. The maximum absolute atomic E-state index is 12.3. The highest BCUT2D eigenvalue weighted by Crippen LogP contribution is 2.25. The fraction of sp³-hybridized carbons (Fsp3) is 0.250. The summed E-state index contributed by atoms with van der Waals surface area (Å²) in [5.74, 6) is -1.14. The van der Waals surface area contributed by atoms with E-state index in [1.54, 1.807) is 36.4 Å². The highest BCUT2D eigenvalue weighted by molar-refractivity contribution is 6.31. The molecule has 0 aliphatic rings. The van der Waals surface area contributed by atoms with Crippen LogP contribution in [0.3, 0.4) is 0 Å². The highest BCUT2D eigenvalue weighted by Gasteiger charge is 2.24. The summed E-state index contributed by atoms with van der Waals surface area (Å²) in [5.41, 5.74) is 7.38. The number of primary amides is 1. The third-order valence-corrected chi connectivity index (χ3v) is 4.31. The molecule has 148 valence electrons. The van der Waals surface area contributed by atoms with Crippen molar-refractivity contribution < 1.29 is 19.1 Å². The molecule has 7 nitrogen and oxygen atoms in total. The van der Waals surface area contributed by atoms with Gasteiger partial charge in [0.2, 0.25) is 0 Å². The average molecular weight is 404 g/mol. The number of halogens is 1. The van der Waals surface area contributed by atoms with Gasteiger partial charge >= 0.3 is 12.0 Å². The molecule has 0 fully saturated rings. The van der Waals surface area contributed by atoms with Gasteiger partial charge in [-0.15, -0.1) is 0 Å². The van der Waals surface area contributed by atoms with Crippen molar-refractivity contribution in [3.8, 4) is 0 Å². The van der Waals surface area contributed by atoms with Crippen LogP contribution in [0.1, 0.15) is 30.5 Å². The molecule has 2 aromatic carbocycles. The van der Waals surface area contributed by atoms with Crippen molar-refractivity contribution in [2.24, 2.45) is 5.73 Å². The molecule has 0 aromatic heterocycles. The zero-order chi connectivity index (χ0) is 20.7. The molecular weight excluding hydrogens is 382 g/mol. The van der Waals surface area contributed by atoms with Gasteiger partial charge in [-0.2, -0.15) is 0 Å². The number of carbonyl (C=O) groups excluding carboxylic acids is 3. The summed E-state index contributed by atoms with van der Waals surface area (Å²) >= 11 is 6.14. The molecule has 4 N–H and O–H groups in total. The van der Waals surface area contributed by atoms with Crippen molar-refractivity contribution >= 4 is 35.2 Å². The predicted octanol–water partition coefficient (Wildman–Crippen LogP) is 3.32. The quantitative estimate of drug-likeness (QED) is 0.616. The van der Waals surface area contributed by atoms with E-state index in [-0.39, 0.29) is 6.42 Å². The van der Waals surface area contributed by atoms with Crippen molar-refractivity contribution in [1.29, 1.82) is 0 Å². The Labute approximate surface area is 168 Å². The first kappa shape index (κ1) is 21.2. The van der Waals surface area contributed by atoms with Gasteiger partial charge in [0.25, 0.3) is 5.91 Å². The van der Waals surface area contributed by atoms with Gasteiger partial charge in [0.1, 0.15) is 0 Å². The van der Waals surface area contributed by atoms with E-state index in [0.29, 0.717) is 16.3 Å². The minimum Gasteiger partial charge on any atom is -0.452 e. The maximum Gasteiger partial charge on any atom is 0.312 e. The van der Waals surface area contributed by atoms with Gasteiger partial charge in [-0.1, -0.05) is 47.5 Å². The number of nitrogens with two attached hydrogens (primary N) is 1. The van der Waals surface area contributed by atoms with Gasteiger partial charge in [-0.05, 0) is 37.6 Å². The Balaban J connectivity index is 1.99. The Hall–Kier alpha value is -3.06. The molecule has 3 amide bonds. The monoisotopic (exact) mass is 403 g/mol. The zero-order valence-corrected chi connectivity index (χ0v) is 16.3. The molecule has 2 rings (SSSR count). The summed E-state index contributed by atoms with van der Waals surface area (Å²) in [6.45, 7) is 3.40. The molecule has 0 spiro atoms. The van der Waals surface area contributed by atoms with Crippen LogP contribution < -0.4 is 16.4 Å². The first-order valence-electron chi connectivity index (χ1n) is 8.63. The van der Waals surface area contributed by atoms with Crippen LogP contribution in [0, 0.1) is 6.92 Å². The Morgan fingerprint density at radius 3 is 2.36 bits per heavy atom. The van der Waals surface area contributed by atoms with Crippen LogP contribution in [-0.2, 0) is 14.3 Å². The molecule has 0 unspecified atom stereocenters. The molecule has 0 saturated carbocycles. The second kappa shape index (κ2) is 9.75. The number of anilines is 1. The molecule has 8 heteroatoms. The van der Waals surface area contributed by atoms with Crippen LogP contribution in [0.5, 0.6) is 0 Å². The number of rotatable bonds is 7. The first-order valence-corrected chi connectivity index (χ1v) is 9.01. The Bertz CT molecular complexity index is 855. The molecule has 0 radical (unpaired) electrons.